The lowest BCUT2D eigenvalue weighted by atomic mass is 10.0. The highest BCUT2D eigenvalue weighted by atomic mass is 35.5. The molecule has 0 aliphatic rings. The molecule has 2 aromatic rings. The van der Waals surface area contributed by atoms with Gasteiger partial charge in [0.15, 0.2) is 0 Å². The minimum absolute atomic E-state index is 0.0489. The molecule has 0 fully saturated rings. The molecule has 0 saturated heterocycles. The van der Waals surface area contributed by atoms with Crippen molar-refractivity contribution in [1.29, 1.82) is 0 Å². The smallest absolute Gasteiger partial charge is 0.278 e. The van der Waals surface area contributed by atoms with E-state index in [-0.39, 0.29) is 22.9 Å². The lowest BCUT2D eigenvalue weighted by Crippen LogP contribution is -2.25. The molecule has 2 rings (SSSR count). The van der Waals surface area contributed by atoms with Gasteiger partial charge in [-0.05, 0) is 30.2 Å². The number of benzene rings is 2. The van der Waals surface area contributed by atoms with Gasteiger partial charge in [0.2, 0.25) is 0 Å². The Morgan fingerprint density at radius 1 is 1.17 bits per heavy atom. The Balaban J connectivity index is 2.14. The summed E-state index contributed by atoms with van der Waals surface area (Å²) >= 11 is 6.02. The van der Waals surface area contributed by atoms with Crippen LogP contribution in [0.25, 0.3) is 11.1 Å². The molecule has 0 bridgehead atoms. The fourth-order valence-corrected chi connectivity index (χ4v) is 2.21. The number of amides is 1. The molecule has 2 N–H and O–H groups in total. The summed E-state index contributed by atoms with van der Waals surface area (Å²) in [6, 6.07) is 12.6. The van der Waals surface area contributed by atoms with Crippen molar-refractivity contribution in [2.75, 3.05) is 19.8 Å². The van der Waals surface area contributed by atoms with E-state index < -0.39 is 5.91 Å². The van der Waals surface area contributed by atoms with E-state index in [0.717, 1.165) is 11.1 Å². The van der Waals surface area contributed by atoms with Crippen molar-refractivity contribution in [1.82, 2.24) is 5.48 Å². The van der Waals surface area contributed by atoms with Gasteiger partial charge in [-0.15, -0.1) is 0 Å². The van der Waals surface area contributed by atoms with Gasteiger partial charge in [0, 0.05) is 6.61 Å². The lowest BCUT2D eigenvalue weighted by Gasteiger charge is -2.11. The zero-order valence-corrected chi connectivity index (χ0v) is 13.5. The second-order valence-corrected chi connectivity index (χ2v) is 5.10. The van der Waals surface area contributed by atoms with E-state index in [1.807, 2.05) is 37.3 Å². The van der Waals surface area contributed by atoms with Crippen LogP contribution in [0.5, 0.6) is 5.75 Å². The van der Waals surface area contributed by atoms with Gasteiger partial charge in [0.05, 0.1) is 23.8 Å². The van der Waals surface area contributed by atoms with Crippen LogP contribution in [0.4, 0.5) is 0 Å². The van der Waals surface area contributed by atoms with Gasteiger partial charge in [-0.2, -0.15) is 0 Å². The van der Waals surface area contributed by atoms with Crippen LogP contribution in [0, 0.1) is 0 Å². The van der Waals surface area contributed by atoms with Gasteiger partial charge in [-0.1, -0.05) is 41.9 Å². The summed E-state index contributed by atoms with van der Waals surface area (Å²) in [7, 11) is 0. The molecule has 1 amide bonds. The molecular weight excluding hydrogens is 318 g/mol. The third-order valence-electron chi connectivity index (χ3n) is 3.11. The van der Waals surface area contributed by atoms with Crippen molar-refractivity contribution in [3.63, 3.8) is 0 Å². The first-order valence-electron chi connectivity index (χ1n) is 7.21. The summed E-state index contributed by atoms with van der Waals surface area (Å²) in [4.78, 5) is 17.2. The number of ether oxygens (including phenoxy) is 1. The van der Waals surface area contributed by atoms with Crippen LogP contribution in [0.1, 0.15) is 17.3 Å². The number of nitrogens with one attached hydrogen (secondary N) is 1. The summed E-state index contributed by atoms with van der Waals surface area (Å²) in [5.41, 5.74) is 3.93. The van der Waals surface area contributed by atoms with E-state index in [0.29, 0.717) is 13.2 Å². The maximum atomic E-state index is 12.1. The molecule has 5 nitrogen and oxygen atoms in total. The van der Waals surface area contributed by atoms with Crippen LogP contribution >= 0.6 is 11.6 Å². The molecule has 0 saturated carbocycles. The average molecular weight is 336 g/mol. The van der Waals surface area contributed by atoms with E-state index in [1.54, 1.807) is 12.1 Å². The average Bonchev–Trinajstić information content (AvgIpc) is 2.57. The highest BCUT2D eigenvalue weighted by molar-refractivity contribution is 6.33. The van der Waals surface area contributed by atoms with Crippen molar-refractivity contribution in [3.8, 4) is 16.9 Å². The number of hydroxylamine groups is 1. The second-order valence-electron chi connectivity index (χ2n) is 4.70. The number of halogens is 1. The Labute approximate surface area is 139 Å². The molecule has 23 heavy (non-hydrogen) atoms. The Kier molecular flexibility index (Phi) is 6.40. The fraction of sp³-hybridized carbons (Fsp3) is 0.235. The highest BCUT2D eigenvalue weighted by Crippen LogP contribution is 2.33. The normalized spacial score (nSPS) is 10.5. The van der Waals surface area contributed by atoms with Crippen LogP contribution in [-0.2, 0) is 9.57 Å². The molecule has 0 unspecified atom stereocenters. The molecular formula is C17H18ClNO4. The summed E-state index contributed by atoms with van der Waals surface area (Å²) < 4.78 is 5.09. The molecule has 2 aromatic carbocycles. The molecule has 0 radical (unpaired) electrons. The Morgan fingerprint density at radius 2 is 1.91 bits per heavy atom. The van der Waals surface area contributed by atoms with Gasteiger partial charge in [0.25, 0.3) is 5.91 Å². The first kappa shape index (κ1) is 17.3. The highest BCUT2D eigenvalue weighted by Gasteiger charge is 2.16. The topological polar surface area (TPSA) is 67.8 Å². The number of carbonyl (C=O) groups is 1. The predicted octanol–water partition coefficient (Wildman–Crippen LogP) is 3.41. The van der Waals surface area contributed by atoms with Crippen molar-refractivity contribution in [2.24, 2.45) is 0 Å². The van der Waals surface area contributed by atoms with Crippen molar-refractivity contribution in [2.45, 2.75) is 6.92 Å². The minimum atomic E-state index is -0.571. The van der Waals surface area contributed by atoms with Gasteiger partial charge in [-0.3, -0.25) is 9.63 Å². The summed E-state index contributed by atoms with van der Waals surface area (Å²) in [6.45, 7) is 3.03. The first-order chi connectivity index (χ1) is 11.1. The van der Waals surface area contributed by atoms with E-state index in [9.17, 15) is 9.90 Å². The number of phenols is 1. The summed E-state index contributed by atoms with van der Waals surface area (Å²) in [6.07, 6.45) is 0. The molecule has 0 aliphatic heterocycles. The van der Waals surface area contributed by atoms with Crippen LogP contribution in [0.2, 0.25) is 5.02 Å². The van der Waals surface area contributed by atoms with E-state index in [1.165, 1.54) is 0 Å². The molecule has 0 heterocycles. The van der Waals surface area contributed by atoms with E-state index >= 15 is 0 Å². The Morgan fingerprint density at radius 3 is 2.61 bits per heavy atom. The zero-order chi connectivity index (χ0) is 16.7. The monoisotopic (exact) mass is 335 g/mol. The Bertz CT molecular complexity index is 661. The lowest BCUT2D eigenvalue weighted by molar-refractivity contribution is 0.00155. The van der Waals surface area contributed by atoms with E-state index in [4.69, 9.17) is 21.2 Å². The van der Waals surface area contributed by atoms with Crippen LogP contribution in [-0.4, -0.2) is 30.8 Å². The molecule has 0 aromatic heterocycles. The fourth-order valence-electron chi connectivity index (χ4n) is 1.99. The number of hydrogen-bond donors (Lipinski definition) is 2. The number of rotatable bonds is 7. The summed E-state index contributed by atoms with van der Waals surface area (Å²) in [5.74, 6) is -0.851. The minimum Gasteiger partial charge on any atom is -0.506 e. The Hall–Kier alpha value is -2.08. The third-order valence-corrected chi connectivity index (χ3v) is 3.40. The third kappa shape index (κ3) is 4.69. The largest absolute Gasteiger partial charge is 0.506 e. The number of aromatic hydroxyl groups is 1. The number of phenolic OH excluding ortho intramolecular Hbond substituents is 1. The molecule has 0 atom stereocenters. The first-order valence-corrected chi connectivity index (χ1v) is 7.59. The summed E-state index contributed by atoms with van der Waals surface area (Å²) in [5, 5.41) is 10.1. The SMILES string of the molecule is CCOCCONC(=O)c1cc(-c2ccccc2)cc(Cl)c1O. The van der Waals surface area contributed by atoms with Gasteiger partial charge < -0.3 is 9.84 Å². The molecule has 122 valence electrons. The predicted molar refractivity (Wildman–Crippen MR) is 88.5 cm³/mol. The number of carbonyl (C=O) groups excluding carboxylic acids is 1. The van der Waals surface area contributed by atoms with Crippen LogP contribution < -0.4 is 5.48 Å². The quantitative estimate of drug-likeness (QED) is 0.601. The van der Waals surface area contributed by atoms with Crippen LogP contribution in [0.3, 0.4) is 0 Å². The zero-order valence-electron chi connectivity index (χ0n) is 12.7. The van der Waals surface area contributed by atoms with Gasteiger partial charge in [-0.25, -0.2) is 5.48 Å². The molecule has 0 aliphatic carbocycles. The van der Waals surface area contributed by atoms with Gasteiger partial charge in [0.1, 0.15) is 5.75 Å². The molecule has 0 spiro atoms. The number of hydrogen-bond acceptors (Lipinski definition) is 4. The maximum absolute atomic E-state index is 12.1. The second kappa shape index (κ2) is 8.53. The standard InChI is InChI=1S/C17H18ClNO4/c1-2-22-8-9-23-19-17(21)14-10-13(11-15(18)16(14)20)12-6-4-3-5-7-12/h3-7,10-11,20H,2,8-9H2,1H3,(H,19,21). The van der Waals surface area contributed by atoms with E-state index in [2.05, 4.69) is 5.48 Å². The maximum Gasteiger partial charge on any atom is 0.278 e. The van der Waals surface area contributed by atoms with Crippen LogP contribution in [0.15, 0.2) is 42.5 Å². The van der Waals surface area contributed by atoms with Crippen molar-refractivity contribution < 1.29 is 19.5 Å². The van der Waals surface area contributed by atoms with Crippen molar-refractivity contribution >= 4 is 17.5 Å². The van der Waals surface area contributed by atoms with Crippen molar-refractivity contribution in [3.05, 3.63) is 53.1 Å². The van der Waals surface area contributed by atoms with Gasteiger partial charge >= 0.3 is 0 Å². The molecule has 6 heteroatoms.